The first-order valence-corrected chi connectivity index (χ1v) is 10.7. The summed E-state index contributed by atoms with van der Waals surface area (Å²) in [5.41, 5.74) is 1.80. The van der Waals surface area contributed by atoms with Gasteiger partial charge in [0.2, 0.25) is 15.9 Å². The van der Waals surface area contributed by atoms with Gasteiger partial charge in [-0.2, -0.15) is 0 Å². The number of carbonyl (C=O) groups is 2. The highest BCUT2D eigenvalue weighted by Crippen LogP contribution is 2.11. The molecule has 0 unspecified atom stereocenters. The van der Waals surface area contributed by atoms with Gasteiger partial charge in [-0.25, -0.2) is 13.1 Å². The first-order valence-electron chi connectivity index (χ1n) is 9.19. The fourth-order valence-electron chi connectivity index (χ4n) is 2.24. The summed E-state index contributed by atoms with van der Waals surface area (Å²) >= 11 is 0. The summed E-state index contributed by atoms with van der Waals surface area (Å²) in [7, 11) is -3.59. The molecule has 0 radical (unpaired) electrons. The Morgan fingerprint density at radius 2 is 1.62 bits per heavy atom. The Hall–Kier alpha value is -2.97. The minimum absolute atomic E-state index is 0.0652. The molecule has 2 aromatic rings. The lowest BCUT2D eigenvalue weighted by Gasteiger charge is -2.09. The highest BCUT2D eigenvalue weighted by atomic mass is 32.2. The third-order valence-corrected chi connectivity index (χ3v) is 4.99. The van der Waals surface area contributed by atoms with Gasteiger partial charge >= 0.3 is 0 Å². The highest BCUT2D eigenvalue weighted by Gasteiger charge is 2.09. The summed E-state index contributed by atoms with van der Waals surface area (Å²) in [6.07, 6.45) is 1.50. The Morgan fingerprint density at radius 3 is 2.24 bits per heavy atom. The molecule has 8 heteroatoms. The molecule has 0 atom stereocenters. The summed E-state index contributed by atoms with van der Waals surface area (Å²) < 4.78 is 26.3. The number of amides is 2. The van der Waals surface area contributed by atoms with Gasteiger partial charge in [0.05, 0.1) is 0 Å². The topological polar surface area (TPSA) is 104 Å². The van der Waals surface area contributed by atoms with Crippen molar-refractivity contribution in [1.82, 2.24) is 10.0 Å². The molecule has 7 nitrogen and oxygen atoms in total. The molecule has 2 amide bonds. The van der Waals surface area contributed by atoms with E-state index in [1.54, 1.807) is 50.2 Å². The maximum absolute atomic E-state index is 12.1. The third-order valence-electron chi connectivity index (χ3n) is 3.89. The first-order chi connectivity index (χ1) is 13.8. The van der Waals surface area contributed by atoms with Crippen LogP contribution >= 0.6 is 0 Å². The molecule has 0 aliphatic heterocycles. The standard InChI is InChI=1S/C21H25N3O4S/c1-16(2)20(25)24-19-10-8-18(9-11-19)21(26)22-13-14-23-29(27,28)15-12-17-6-4-3-5-7-17/h3-12,15-16,23H,13-14H2,1-2H3,(H,22,26)(H,24,25). The van der Waals surface area contributed by atoms with E-state index in [1.807, 2.05) is 18.2 Å². The molecule has 0 aliphatic rings. The van der Waals surface area contributed by atoms with Crippen LogP contribution in [0.25, 0.3) is 6.08 Å². The van der Waals surface area contributed by atoms with Gasteiger partial charge in [0.25, 0.3) is 5.91 Å². The van der Waals surface area contributed by atoms with Crippen LogP contribution in [0.2, 0.25) is 0 Å². The van der Waals surface area contributed by atoms with Crippen molar-refractivity contribution in [3.63, 3.8) is 0 Å². The van der Waals surface area contributed by atoms with E-state index >= 15 is 0 Å². The summed E-state index contributed by atoms with van der Waals surface area (Å²) in [6.45, 7) is 3.80. The number of carbonyl (C=O) groups excluding carboxylic acids is 2. The number of rotatable bonds is 9. The molecule has 2 rings (SSSR count). The van der Waals surface area contributed by atoms with Crippen molar-refractivity contribution in [3.05, 3.63) is 71.1 Å². The molecule has 0 spiro atoms. The van der Waals surface area contributed by atoms with Crippen LogP contribution in [-0.2, 0) is 14.8 Å². The number of sulfonamides is 1. The summed E-state index contributed by atoms with van der Waals surface area (Å²) in [5, 5.41) is 6.48. The molecular formula is C21H25N3O4S. The number of hydrogen-bond donors (Lipinski definition) is 3. The molecule has 2 aromatic carbocycles. The molecule has 0 bridgehead atoms. The third kappa shape index (κ3) is 7.89. The molecule has 0 aromatic heterocycles. The van der Waals surface area contributed by atoms with Crippen LogP contribution in [0.4, 0.5) is 5.69 Å². The van der Waals surface area contributed by atoms with Crippen LogP contribution in [0, 0.1) is 5.92 Å². The maximum atomic E-state index is 12.1. The molecule has 0 aliphatic carbocycles. The number of hydrogen-bond acceptors (Lipinski definition) is 4. The van der Waals surface area contributed by atoms with Crippen LogP contribution in [0.15, 0.2) is 60.0 Å². The minimum Gasteiger partial charge on any atom is -0.351 e. The van der Waals surface area contributed by atoms with E-state index in [0.717, 1.165) is 11.0 Å². The lowest BCUT2D eigenvalue weighted by atomic mass is 10.1. The zero-order valence-corrected chi connectivity index (χ0v) is 17.2. The van der Waals surface area contributed by atoms with E-state index in [0.29, 0.717) is 11.3 Å². The lowest BCUT2D eigenvalue weighted by Crippen LogP contribution is -2.33. The van der Waals surface area contributed by atoms with E-state index in [4.69, 9.17) is 0 Å². The lowest BCUT2D eigenvalue weighted by molar-refractivity contribution is -0.118. The molecule has 154 valence electrons. The zero-order chi connectivity index (χ0) is 21.3. The molecule has 0 fully saturated rings. The number of nitrogens with one attached hydrogen (secondary N) is 3. The van der Waals surface area contributed by atoms with Gasteiger partial charge in [-0.3, -0.25) is 9.59 Å². The Labute approximate surface area is 171 Å². The fraction of sp³-hybridized carbons (Fsp3) is 0.238. The van der Waals surface area contributed by atoms with Crippen molar-refractivity contribution in [3.8, 4) is 0 Å². The van der Waals surface area contributed by atoms with E-state index in [9.17, 15) is 18.0 Å². The first kappa shape index (κ1) is 22.3. The second-order valence-electron chi connectivity index (χ2n) is 6.63. The molecule has 0 heterocycles. The maximum Gasteiger partial charge on any atom is 0.251 e. The van der Waals surface area contributed by atoms with Gasteiger partial charge < -0.3 is 10.6 Å². The van der Waals surface area contributed by atoms with Crippen molar-refractivity contribution in [1.29, 1.82) is 0 Å². The van der Waals surface area contributed by atoms with Crippen molar-refractivity contribution in [2.75, 3.05) is 18.4 Å². The smallest absolute Gasteiger partial charge is 0.251 e. The van der Waals surface area contributed by atoms with E-state index in [2.05, 4.69) is 15.4 Å². The predicted octanol–water partition coefficient (Wildman–Crippen LogP) is 2.60. The van der Waals surface area contributed by atoms with E-state index in [1.165, 1.54) is 6.08 Å². The average Bonchev–Trinajstić information content (AvgIpc) is 2.71. The molecule has 3 N–H and O–H groups in total. The SMILES string of the molecule is CC(C)C(=O)Nc1ccc(C(=O)NCCNS(=O)(=O)C=Cc2ccccc2)cc1. The molecular weight excluding hydrogens is 390 g/mol. The van der Waals surface area contributed by atoms with Gasteiger partial charge in [-0.1, -0.05) is 44.2 Å². The normalized spacial score (nSPS) is 11.6. The second-order valence-corrected chi connectivity index (χ2v) is 8.28. The van der Waals surface area contributed by atoms with Crippen LogP contribution < -0.4 is 15.4 Å². The number of benzene rings is 2. The van der Waals surface area contributed by atoms with Crippen molar-refractivity contribution in [2.45, 2.75) is 13.8 Å². The minimum atomic E-state index is -3.59. The van der Waals surface area contributed by atoms with Crippen LogP contribution in [-0.4, -0.2) is 33.3 Å². The van der Waals surface area contributed by atoms with Crippen molar-refractivity contribution in [2.24, 2.45) is 5.92 Å². The Kier molecular flexibility index (Phi) is 8.11. The largest absolute Gasteiger partial charge is 0.351 e. The van der Waals surface area contributed by atoms with Gasteiger partial charge in [0.15, 0.2) is 0 Å². The summed E-state index contributed by atoms with van der Waals surface area (Å²) in [5.74, 6) is -0.564. The monoisotopic (exact) mass is 415 g/mol. The van der Waals surface area contributed by atoms with E-state index in [-0.39, 0.29) is 30.8 Å². The van der Waals surface area contributed by atoms with Gasteiger partial charge in [-0.05, 0) is 35.9 Å². The average molecular weight is 416 g/mol. The highest BCUT2D eigenvalue weighted by molar-refractivity contribution is 7.92. The number of anilines is 1. The van der Waals surface area contributed by atoms with Gasteiger partial charge in [0, 0.05) is 35.7 Å². The van der Waals surface area contributed by atoms with Crippen molar-refractivity contribution < 1.29 is 18.0 Å². The zero-order valence-electron chi connectivity index (χ0n) is 16.4. The van der Waals surface area contributed by atoms with E-state index < -0.39 is 10.0 Å². The van der Waals surface area contributed by atoms with Crippen LogP contribution in [0.5, 0.6) is 0 Å². The molecule has 0 saturated carbocycles. The Morgan fingerprint density at radius 1 is 0.966 bits per heavy atom. The summed E-state index contributed by atoms with van der Waals surface area (Å²) in [6, 6.07) is 15.6. The van der Waals surface area contributed by atoms with Crippen LogP contribution in [0.3, 0.4) is 0 Å². The predicted molar refractivity (Wildman–Crippen MR) is 115 cm³/mol. The Bertz CT molecular complexity index is 953. The van der Waals surface area contributed by atoms with Crippen LogP contribution in [0.1, 0.15) is 29.8 Å². The van der Waals surface area contributed by atoms with Gasteiger partial charge in [-0.15, -0.1) is 0 Å². The summed E-state index contributed by atoms with van der Waals surface area (Å²) in [4.78, 5) is 23.8. The van der Waals surface area contributed by atoms with Gasteiger partial charge in [0.1, 0.15) is 0 Å². The Balaban J connectivity index is 1.77. The fourth-order valence-corrected chi connectivity index (χ4v) is 3.06. The quantitative estimate of drug-likeness (QED) is 0.548. The van der Waals surface area contributed by atoms with Crippen molar-refractivity contribution >= 4 is 33.6 Å². The molecule has 29 heavy (non-hydrogen) atoms. The second kappa shape index (κ2) is 10.5. The molecule has 0 saturated heterocycles.